The van der Waals surface area contributed by atoms with Crippen LogP contribution >= 0.6 is 0 Å². The molecule has 1 fully saturated rings. The average molecular weight is 264 g/mol. The molecule has 1 saturated carbocycles. The molecule has 0 heterocycles. The first-order chi connectivity index (χ1) is 7.76. The molecule has 0 amide bonds. The summed E-state index contributed by atoms with van der Waals surface area (Å²) >= 11 is 0. The molecule has 1 rings (SSSR count). The fourth-order valence-corrected chi connectivity index (χ4v) is 3.03. The van der Waals surface area contributed by atoms with Gasteiger partial charge in [-0.2, -0.15) is 17.0 Å². The van der Waals surface area contributed by atoms with Gasteiger partial charge in [0.2, 0.25) is 0 Å². The highest BCUT2D eigenvalue weighted by Crippen LogP contribution is 2.35. The van der Waals surface area contributed by atoms with Gasteiger partial charge in [0.25, 0.3) is 10.2 Å². The average Bonchev–Trinajstić information content (AvgIpc) is 3.07. The second kappa shape index (κ2) is 5.32. The number of carbonyl (C=O) groups is 1. The summed E-state index contributed by atoms with van der Waals surface area (Å²) in [5.41, 5.74) is 0. The van der Waals surface area contributed by atoms with Crippen LogP contribution in [0, 0.1) is 5.92 Å². The first-order valence-corrected chi connectivity index (χ1v) is 7.07. The minimum atomic E-state index is -3.54. The van der Waals surface area contributed by atoms with E-state index in [2.05, 4.69) is 0 Å². The van der Waals surface area contributed by atoms with Crippen LogP contribution in [0.5, 0.6) is 0 Å². The Labute approximate surface area is 102 Å². The largest absolute Gasteiger partial charge is 0.481 e. The van der Waals surface area contributed by atoms with E-state index in [-0.39, 0.29) is 19.0 Å². The summed E-state index contributed by atoms with van der Waals surface area (Å²) < 4.78 is 26.6. The monoisotopic (exact) mass is 264 g/mol. The van der Waals surface area contributed by atoms with Crippen LogP contribution in [0.15, 0.2) is 0 Å². The van der Waals surface area contributed by atoms with Crippen LogP contribution in [0.1, 0.15) is 26.2 Å². The van der Waals surface area contributed by atoms with E-state index in [0.29, 0.717) is 5.92 Å². The van der Waals surface area contributed by atoms with Crippen molar-refractivity contribution in [1.82, 2.24) is 8.61 Å². The first-order valence-electron chi connectivity index (χ1n) is 5.68. The zero-order valence-electron chi connectivity index (χ0n) is 10.5. The molecule has 0 aromatic heterocycles. The zero-order chi connectivity index (χ0) is 13.2. The Morgan fingerprint density at radius 2 is 1.94 bits per heavy atom. The van der Waals surface area contributed by atoms with Crippen LogP contribution in [0.25, 0.3) is 0 Å². The molecule has 7 heteroatoms. The van der Waals surface area contributed by atoms with Gasteiger partial charge < -0.3 is 5.11 Å². The van der Waals surface area contributed by atoms with Crippen molar-refractivity contribution in [1.29, 1.82) is 0 Å². The highest BCUT2D eigenvalue weighted by atomic mass is 32.2. The van der Waals surface area contributed by atoms with Crippen molar-refractivity contribution in [3.63, 3.8) is 0 Å². The van der Waals surface area contributed by atoms with Gasteiger partial charge in [-0.05, 0) is 25.7 Å². The molecule has 0 saturated heterocycles. The van der Waals surface area contributed by atoms with Crippen molar-refractivity contribution >= 4 is 16.2 Å². The third kappa shape index (κ3) is 3.65. The minimum Gasteiger partial charge on any atom is -0.481 e. The van der Waals surface area contributed by atoms with E-state index in [1.165, 1.54) is 11.4 Å². The van der Waals surface area contributed by atoms with Crippen molar-refractivity contribution < 1.29 is 18.3 Å². The van der Waals surface area contributed by atoms with E-state index >= 15 is 0 Å². The lowest BCUT2D eigenvalue weighted by Gasteiger charge is -2.28. The maximum Gasteiger partial charge on any atom is 0.304 e. The molecular formula is C10H20N2O4S. The Kier molecular flexibility index (Phi) is 4.51. The number of hydrogen-bond donors (Lipinski definition) is 1. The summed E-state index contributed by atoms with van der Waals surface area (Å²) in [6.07, 6.45) is 1.96. The lowest BCUT2D eigenvalue weighted by atomic mass is 10.2. The predicted molar refractivity (Wildman–Crippen MR) is 63.8 cm³/mol. The quantitative estimate of drug-likeness (QED) is 0.720. The maximum absolute atomic E-state index is 12.1. The van der Waals surface area contributed by atoms with E-state index in [4.69, 9.17) is 5.11 Å². The third-order valence-corrected chi connectivity index (χ3v) is 5.31. The van der Waals surface area contributed by atoms with E-state index in [1.807, 2.05) is 6.92 Å². The van der Waals surface area contributed by atoms with Crippen LogP contribution in [-0.2, 0) is 15.0 Å². The summed E-state index contributed by atoms with van der Waals surface area (Å²) in [7, 11) is -0.573. The van der Waals surface area contributed by atoms with Gasteiger partial charge >= 0.3 is 5.97 Å². The summed E-state index contributed by atoms with van der Waals surface area (Å²) in [5, 5.41) is 8.54. The maximum atomic E-state index is 12.1. The van der Waals surface area contributed by atoms with E-state index < -0.39 is 16.2 Å². The number of hydrogen-bond acceptors (Lipinski definition) is 3. The molecular weight excluding hydrogens is 244 g/mol. The van der Waals surface area contributed by atoms with Crippen LogP contribution in [0.3, 0.4) is 0 Å². The standard InChI is InChI=1S/C10H20N2O4S/c1-8(9-4-5-9)12(3)17(15,16)11(2)7-6-10(13)14/h8-9H,4-7H2,1-3H3,(H,13,14). The van der Waals surface area contributed by atoms with Crippen molar-refractivity contribution in [3.8, 4) is 0 Å². The van der Waals surface area contributed by atoms with Gasteiger partial charge in [-0.15, -0.1) is 0 Å². The fourth-order valence-electron chi connectivity index (χ4n) is 1.67. The Morgan fingerprint density at radius 1 is 1.41 bits per heavy atom. The molecule has 1 atom stereocenters. The van der Waals surface area contributed by atoms with Gasteiger partial charge in [0.1, 0.15) is 0 Å². The van der Waals surface area contributed by atoms with Crippen LogP contribution in [0.2, 0.25) is 0 Å². The topological polar surface area (TPSA) is 77.9 Å². The second-order valence-corrected chi connectivity index (χ2v) is 6.66. The van der Waals surface area contributed by atoms with Gasteiger partial charge in [0.15, 0.2) is 0 Å². The highest BCUT2D eigenvalue weighted by Gasteiger charge is 2.36. The molecule has 0 aromatic carbocycles. The Hall–Kier alpha value is -0.660. The molecule has 1 aliphatic carbocycles. The van der Waals surface area contributed by atoms with Gasteiger partial charge in [0, 0.05) is 26.7 Å². The molecule has 1 N–H and O–H groups in total. The Balaban J connectivity index is 2.61. The molecule has 1 aliphatic rings. The van der Waals surface area contributed by atoms with Crippen molar-refractivity contribution in [2.24, 2.45) is 5.92 Å². The van der Waals surface area contributed by atoms with Gasteiger partial charge in [-0.1, -0.05) is 0 Å². The van der Waals surface area contributed by atoms with Crippen LogP contribution < -0.4 is 0 Å². The SMILES string of the molecule is CC(C1CC1)N(C)S(=O)(=O)N(C)CCC(=O)O. The molecule has 0 spiro atoms. The molecule has 6 nitrogen and oxygen atoms in total. The molecule has 0 aromatic rings. The normalized spacial score (nSPS) is 18.6. The molecule has 0 bridgehead atoms. The molecule has 17 heavy (non-hydrogen) atoms. The molecule has 0 radical (unpaired) electrons. The van der Waals surface area contributed by atoms with Crippen molar-refractivity contribution in [2.75, 3.05) is 20.6 Å². The predicted octanol–water partition coefficient (Wildman–Crippen LogP) is 0.368. The van der Waals surface area contributed by atoms with E-state index in [9.17, 15) is 13.2 Å². The second-order valence-electron chi connectivity index (χ2n) is 4.57. The lowest BCUT2D eigenvalue weighted by Crippen LogP contribution is -2.45. The van der Waals surface area contributed by atoms with Crippen molar-refractivity contribution in [3.05, 3.63) is 0 Å². The summed E-state index contributed by atoms with van der Waals surface area (Å²) in [6.45, 7) is 1.89. The first kappa shape index (κ1) is 14.4. The van der Waals surface area contributed by atoms with Gasteiger partial charge in [0.05, 0.1) is 6.42 Å². The fraction of sp³-hybridized carbons (Fsp3) is 0.900. The summed E-state index contributed by atoms with van der Waals surface area (Å²) in [6, 6.07) is -0.0210. The van der Waals surface area contributed by atoms with E-state index in [0.717, 1.165) is 17.1 Å². The van der Waals surface area contributed by atoms with Crippen molar-refractivity contribution in [2.45, 2.75) is 32.2 Å². The van der Waals surface area contributed by atoms with Gasteiger partial charge in [-0.25, -0.2) is 0 Å². The number of nitrogens with zero attached hydrogens (tertiary/aromatic N) is 2. The summed E-state index contributed by atoms with van der Waals surface area (Å²) in [5.74, 6) is -0.549. The van der Waals surface area contributed by atoms with E-state index in [1.54, 1.807) is 7.05 Å². The summed E-state index contributed by atoms with van der Waals surface area (Å²) in [4.78, 5) is 10.4. The highest BCUT2D eigenvalue weighted by molar-refractivity contribution is 7.86. The molecule has 1 unspecified atom stereocenters. The number of rotatable bonds is 7. The van der Waals surface area contributed by atoms with Crippen LogP contribution in [0.4, 0.5) is 0 Å². The van der Waals surface area contributed by atoms with Crippen LogP contribution in [-0.4, -0.2) is 54.8 Å². The molecule has 0 aliphatic heterocycles. The lowest BCUT2D eigenvalue weighted by molar-refractivity contribution is -0.137. The molecule has 100 valence electrons. The number of aliphatic carboxylic acids is 1. The van der Waals surface area contributed by atoms with Gasteiger partial charge in [-0.3, -0.25) is 4.79 Å². The Morgan fingerprint density at radius 3 is 2.35 bits per heavy atom. The zero-order valence-corrected chi connectivity index (χ0v) is 11.3. The minimum absolute atomic E-state index is 0.000602. The smallest absolute Gasteiger partial charge is 0.304 e. The third-order valence-electron chi connectivity index (χ3n) is 3.28. The number of carboxylic acids is 1. The Bertz CT molecular complexity index is 378. The number of carboxylic acid groups (broad SMARTS) is 1.